The molecule has 2 N–H and O–H groups in total. The Kier molecular flexibility index (Phi) is 7.03. The summed E-state index contributed by atoms with van der Waals surface area (Å²) in [6, 6.07) is 20.0. The number of nitrogens with one attached hydrogen (secondary N) is 2. The zero-order chi connectivity index (χ0) is 19.6. The van der Waals surface area contributed by atoms with Crippen molar-refractivity contribution in [3.8, 4) is 5.75 Å². The predicted octanol–water partition coefficient (Wildman–Crippen LogP) is 3.83. The molecule has 0 aliphatic carbocycles. The first kappa shape index (κ1) is 19.4. The summed E-state index contributed by atoms with van der Waals surface area (Å²) in [5.74, 6) is 0.544. The van der Waals surface area contributed by atoms with Crippen LogP contribution >= 0.6 is 11.8 Å². The van der Waals surface area contributed by atoms with Crippen LogP contribution in [0.15, 0.2) is 84.0 Å². The third kappa shape index (κ3) is 6.44. The van der Waals surface area contributed by atoms with E-state index < -0.39 is 0 Å². The third-order valence-corrected chi connectivity index (χ3v) is 4.56. The lowest BCUT2D eigenvalue weighted by Crippen LogP contribution is -2.20. The van der Waals surface area contributed by atoms with E-state index in [4.69, 9.17) is 4.74 Å². The van der Waals surface area contributed by atoms with Gasteiger partial charge in [0.05, 0.1) is 5.75 Å². The van der Waals surface area contributed by atoms with Crippen LogP contribution in [0.3, 0.4) is 0 Å². The highest BCUT2D eigenvalue weighted by molar-refractivity contribution is 8.00. The zero-order valence-electron chi connectivity index (χ0n) is 15.0. The lowest BCUT2D eigenvalue weighted by molar-refractivity contribution is -0.118. The van der Waals surface area contributed by atoms with E-state index in [0.29, 0.717) is 17.1 Å². The molecule has 2 aromatic carbocycles. The van der Waals surface area contributed by atoms with Gasteiger partial charge in [0.15, 0.2) is 6.61 Å². The first-order valence-corrected chi connectivity index (χ1v) is 9.58. The molecule has 0 bridgehead atoms. The maximum absolute atomic E-state index is 12.1. The van der Waals surface area contributed by atoms with E-state index in [2.05, 4.69) is 15.6 Å². The predicted molar refractivity (Wildman–Crippen MR) is 111 cm³/mol. The van der Waals surface area contributed by atoms with Crippen molar-refractivity contribution in [2.45, 2.75) is 4.90 Å². The summed E-state index contributed by atoms with van der Waals surface area (Å²) >= 11 is 1.39. The number of rotatable bonds is 8. The van der Waals surface area contributed by atoms with Gasteiger partial charge in [-0.25, -0.2) is 0 Å². The molecule has 7 heteroatoms. The Labute approximate surface area is 167 Å². The highest BCUT2D eigenvalue weighted by atomic mass is 32.2. The molecule has 142 valence electrons. The van der Waals surface area contributed by atoms with Crippen molar-refractivity contribution >= 4 is 35.0 Å². The Balaban J connectivity index is 1.46. The van der Waals surface area contributed by atoms with E-state index in [-0.39, 0.29) is 24.2 Å². The molecule has 0 spiro atoms. The average Bonchev–Trinajstić information content (AvgIpc) is 2.73. The van der Waals surface area contributed by atoms with Crippen molar-refractivity contribution in [1.29, 1.82) is 0 Å². The number of ether oxygens (including phenoxy) is 1. The summed E-state index contributed by atoms with van der Waals surface area (Å²) in [6.07, 6.45) is 3.24. The van der Waals surface area contributed by atoms with Gasteiger partial charge in [-0.15, -0.1) is 11.8 Å². The van der Waals surface area contributed by atoms with Crippen LogP contribution in [0.5, 0.6) is 5.75 Å². The summed E-state index contributed by atoms with van der Waals surface area (Å²) in [6.45, 7) is -0.0737. The fourth-order valence-corrected chi connectivity index (χ4v) is 3.06. The Morgan fingerprint density at radius 3 is 2.39 bits per heavy atom. The van der Waals surface area contributed by atoms with E-state index in [0.717, 1.165) is 4.90 Å². The van der Waals surface area contributed by atoms with E-state index >= 15 is 0 Å². The molecular formula is C21H19N3O3S. The van der Waals surface area contributed by atoms with Gasteiger partial charge in [0.2, 0.25) is 5.91 Å². The van der Waals surface area contributed by atoms with E-state index in [1.54, 1.807) is 42.7 Å². The van der Waals surface area contributed by atoms with Crippen LogP contribution in [-0.2, 0) is 9.59 Å². The van der Waals surface area contributed by atoms with Crippen LogP contribution in [0, 0.1) is 0 Å². The number of carbonyl (C=O) groups excluding carboxylic acids is 2. The fourth-order valence-electron chi connectivity index (χ4n) is 2.31. The lowest BCUT2D eigenvalue weighted by Gasteiger charge is -2.09. The van der Waals surface area contributed by atoms with Gasteiger partial charge >= 0.3 is 0 Å². The normalized spacial score (nSPS) is 10.1. The maximum Gasteiger partial charge on any atom is 0.262 e. The highest BCUT2D eigenvalue weighted by Crippen LogP contribution is 2.22. The van der Waals surface area contributed by atoms with Gasteiger partial charge < -0.3 is 15.4 Å². The number of nitrogens with zero attached hydrogens (tertiary/aromatic N) is 1. The Morgan fingerprint density at radius 1 is 0.857 bits per heavy atom. The molecule has 3 aromatic rings. The Hall–Kier alpha value is -3.32. The summed E-state index contributed by atoms with van der Waals surface area (Å²) in [5.41, 5.74) is 1.36. The van der Waals surface area contributed by atoms with E-state index in [1.807, 2.05) is 36.4 Å². The zero-order valence-corrected chi connectivity index (χ0v) is 15.8. The van der Waals surface area contributed by atoms with E-state index in [9.17, 15) is 9.59 Å². The van der Waals surface area contributed by atoms with Crippen molar-refractivity contribution in [2.75, 3.05) is 23.0 Å². The number of hydrogen-bond acceptors (Lipinski definition) is 5. The van der Waals surface area contributed by atoms with Crippen LogP contribution in [0.4, 0.5) is 11.4 Å². The van der Waals surface area contributed by atoms with Crippen molar-refractivity contribution < 1.29 is 14.3 Å². The fraction of sp³-hybridized carbons (Fsp3) is 0.0952. The second-order valence-electron chi connectivity index (χ2n) is 5.75. The standard InChI is InChI=1S/C21H19N3O3S/c25-20(14-27-18-6-2-1-3-7-18)24-17-5-4-8-19(13-17)28-15-21(26)23-16-9-11-22-12-10-16/h1-13H,14-15H2,(H,24,25)(H,22,23,26). The monoisotopic (exact) mass is 393 g/mol. The number of carbonyl (C=O) groups is 2. The minimum absolute atomic E-state index is 0.0737. The van der Waals surface area contributed by atoms with Gasteiger partial charge in [0.25, 0.3) is 5.91 Å². The molecule has 0 saturated carbocycles. The number of benzene rings is 2. The van der Waals surface area contributed by atoms with Crippen LogP contribution < -0.4 is 15.4 Å². The number of aromatic nitrogens is 1. The van der Waals surface area contributed by atoms with Gasteiger partial charge in [0, 0.05) is 28.7 Å². The van der Waals surface area contributed by atoms with Crippen LogP contribution in [0.1, 0.15) is 0 Å². The van der Waals surface area contributed by atoms with Crippen molar-refractivity contribution in [2.24, 2.45) is 0 Å². The molecule has 0 radical (unpaired) electrons. The average molecular weight is 393 g/mol. The van der Waals surface area contributed by atoms with Crippen LogP contribution in [0.2, 0.25) is 0 Å². The number of amides is 2. The number of thioether (sulfide) groups is 1. The smallest absolute Gasteiger partial charge is 0.262 e. The Morgan fingerprint density at radius 2 is 1.61 bits per heavy atom. The van der Waals surface area contributed by atoms with Gasteiger partial charge in [-0.3, -0.25) is 14.6 Å². The maximum atomic E-state index is 12.1. The first-order chi connectivity index (χ1) is 13.7. The van der Waals surface area contributed by atoms with Crippen LogP contribution in [-0.4, -0.2) is 29.2 Å². The number of para-hydroxylation sites is 1. The number of anilines is 2. The van der Waals surface area contributed by atoms with Gasteiger partial charge in [-0.2, -0.15) is 0 Å². The minimum atomic E-state index is -0.249. The molecule has 0 fully saturated rings. The molecule has 0 aliphatic rings. The molecule has 1 heterocycles. The van der Waals surface area contributed by atoms with Gasteiger partial charge in [-0.05, 0) is 42.5 Å². The second kappa shape index (κ2) is 10.1. The summed E-state index contributed by atoms with van der Waals surface area (Å²) in [4.78, 5) is 28.9. The largest absolute Gasteiger partial charge is 0.484 e. The summed E-state index contributed by atoms with van der Waals surface area (Å²) in [7, 11) is 0. The van der Waals surface area contributed by atoms with Crippen molar-refractivity contribution in [1.82, 2.24) is 4.98 Å². The molecule has 3 rings (SSSR count). The molecular weight excluding hydrogens is 374 g/mol. The first-order valence-electron chi connectivity index (χ1n) is 8.59. The summed E-state index contributed by atoms with van der Waals surface area (Å²) in [5, 5.41) is 5.60. The number of hydrogen-bond donors (Lipinski definition) is 2. The molecule has 0 aliphatic heterocycles. The molecule has 0 unspecified atom stereocenters. The second-order valence-corrected chi connectivity index (χ2v) is 6.80. The van der Waals surface area contributed by atoms with Crippen LogP contribution in [0.25, 0.3) is 0 Å². The van der Waals surface area contributed by atoms with Crippen molar-refractivity contribution in [3.63, 3.8) is 0 Å². The van der Waals surface area contributed by atoms with Gasteiger partial charge in [-0.1, -0.05) is 24.3 Å². The summed E-state index contributed by atoms with van der Waals surface area (Å²) < 4.78 is 5.43. The van der Waals surface area contributed by atoms with Crippen molar-refractivity contribution in [3.05, 3.63) is 79.1 Å². The van der Waals surface area contributed by atoms with Gasteiger partial charge in [0.1, 0.15) is 5.75 Å². The molecule has 6 nitrogen and oxygen atoms in total. The SMILES string of the molecule is O=C(COc1ccccc1)Nc1cccc(SCC(=O)Nc2ccncc2)c1. The molecule has 28 heavy (non-hydrogen) atoms. The molecule has 0 atom stereocenters. The number of pyridine rings is 1. The lowest BCUT2D eigenvalue weighted by atomic mass is 10.3. The minimum Gasteiger partial charge on any atom is -0.484 e. The Bertz CT molecular complexity index is 920. The quantitative estimate of drug-likeness (QED) is 0.569. The third-order valence-electron chi connectivity index (χ3n) is 3.56. The molecule has 1 aromatic heterocycles. The highest BCUT2D eigenvalue weighted by Gasteiger charge is 2.07. The molecule has 0 saturated heterocycles. The molecule has 2 amide bonds. The topological polar surface area (TPSA) is 80.3 Å². The van der Waals surface area contributed by atoms with E-state index in [1.165, 1.54) is 11.8 Å².